The minimum absolute atomic E-state index is 0.0937. The number of hydrogen-bond acceptors (Lipinski definition) is 2. The normalized spacial score (nSPS) is 25.8. The van der Waals surface area contributed by atoms with Crippen LogP contribution in [-0.4, -0.2) is 18.3 Å². The number of benzene rings is 1. The highest BCUT2D eigenvalue weighted by atomic mass is 16.5. The molecule has 82 valence electrons. The molecule has 0 amide bonds. The van der Waals surface area contributed by atoms with Crippen LogP contribution in [0.15, 0.2) is 18.2 Å². The van der Waals surface area contributed by atoms with E-state index in [1.165, 1.54) is 16.7 Å². The predicted molar refractivity (Wildman–Crippen MR) is 59.8 cm³/mol. The Labute approximate surface area is 90.9 Å². The fraction of sp³-hybridized carbons (Fsp3) is 0.538. The molecule has 2 rings (SSSR count). The number of aliphatic hydroxyl groups excluding tert-OH is 1. The van der Waals surface area contributed by atoms with Crippen molar-refractivity contribution in [1.29, 1.82) is 0 Å². The molecule has 2 heteroatoms. The zero-order valence-corrected chi connectivity index (χ0v) is 9.36. The lowest BCUT2D eigenvalue weighted by Crippen LogP contribution is -2.13. The Morgan fingerprint density at radius 3 is 2.60 bits per heavy atom. The number of aryl methyl sites for hydroxylation is 2. The highest BCUT2D eigenvalue weighted by Crippen LogP contribution is 2.37. The summed E-state index contributed by atoms with van der Waals surface area (Å²) in [4.78, 5) is 0. The number of rotatable bonds is 2. The summed E-state index contributed by atoms with van der Waals surface area (Å²) in [6, 6.07) is 6.29. The van der Waals surface area contributed by atoms with Crippen LogP contribution in [0.1, 0.15) is 29.2 Å². The maximum absolute atomic E-state index is 9.30. The van der Waals surface area contributed by atoms with Gasteiger partial charge in [0, 0.05) is 19.1 Å². The van der Waals surface area contributed by atoms with Gasteiger partial charge in [-0.2, -0.15) is 0 Å². The lowest BCUT2D eigenvalue weighted by Gasteiger charge is -2.21. The van der Waals surface area contributed by atoms with Crippen LogP contribution >= 0.6 is 0 Å². The third kappa shape index (κ3) is 1.92. The number of aliphatic hydroxyl groups is 1. The van der Waals surface area contributed by atoms with E-state index in [1.54, 1.807) is 0 Å². The lowest BCUT2D eigenvalue weighted by molar-refractivity contribution is 0.0711. The quantitative estimate of drug-likeness (QED) is 0.805. The van der Waals surface area contributed by atoms with Crippen LogP contribution in [0.3, 0.4) is 0 Å². The van der Waals surface area contributed by atoms with E-state index in [0.717, 1.165) is 13.0 Å². The zero-order valence-electron chi connectivity index (χ0n) is 9.36. The summed E-state index contributed by atoms with van der Waals surface area (Å²) in [5, 5.41) is 9.30. The van der Waals surface area contributed by atoms with Gasteiger partial charge in [0.1, 0.15) is 0 Å². The topological polar surface area (TPSA) is 29.5 Å². The summed E-state index contributed by atoms with van der Waals surface area (Å²) in [7, 11) is 0. The molecule has 0 bridgehead atoms. The summed E-state index contributed by atoms with van der Waals surface area (Å²) in [6.07, 6.45) is 1.06. The highest BCUT2D eigenvalue weighted by Gasteiger charge is 2.30. The van der Waals surface area contributed by atoms with Crippen molar-refractivity contribution < 1.29 is 9.84 Å². The van der Waals surface area contributed by atoms with Gasteiger partial charge in [0.05, 0.1) is 6.10 Å². The maximum Gasteiger partial charge on any atom is 0.0880 e. The van der Waals surface area contributed by atoms with Crippen LogP contribution in [0.5, 0.6) is 0 Å². The third-order valence-electron chi connectivity index (χ3n) is 3.28. The molecule has 1 N–H and O–H groups in total. The first-order valence-corrected chi connectivity index (χ1v) is 5.52. The largest absolute Gasteiger partial charge is 0.396 e. The SMILES string of the molecule is Cc1cccc(C)c1C1OCCC1CO. The van der Waals surface area contributed by atoms with Gasteiger partial charge in [-0.15, -0.1) is 0 Å². The molecule has 0 spiro atoms. The first-order chi connectivity index (χ1) is 7.24. The second-order valence-electron chi connectivity index (χ2n) is 4.33. The molecule has 1 heterocycles. The van der Waals surface area contributed by atoms with Crippen molar-refractivity contribution in [3.05, 3.63) is 34.9 Å². The fourth-order valence-corrected chi connectivity index (χ4v) is 2.42. The Morgan fingerprint density at radius 1 is 1.33 bits per heavy atom. The molecule has 0 saturated carbocycles. The van der Waals surface area contributed by atoms with Crippen molar-refractivity contribution >= 4 is 0 Å². The highest BCUT2D eigenvalue weighted by molar-refractivity contribution is 5.36. The van der Waals surface area contributed by atoms with E-state index in [4.69, 9.17) is 4.74 Å². The molecule has 15 heavy (non-hydrogen) atoms. The molecule has 0 aromatic heterocycles. The van der Waals surface area contributed by atoms with Crippen LogP contribution in [-0.2, 0) is 4.74 Å². The van der Waals surface area contributed by atoms with Gasteiger partial charge in [0.2, 0.25) is 0 Å². The summed E-state index contributed by atoms with van der Waals surface area (Å²) in [5.41, 5.74) is 3.80. The monoisotopic (exact) mass is 206 g/mol. The average Bonchev–Trinajstić information content (AvgIpc) is 2.65. The van der Waals surface area contributed by atoms with E-state index >= 15 is 0 Å². The Balaban J connectivity index is 2.36. The molecule has 2 nitrogen and oxygen atoms in total. The van der Waals surface area contributed by atoms with E-state index < -0.39 is 0 Å². The van der Waals surface area contributed by atoms with Crippen molar-refractivity contribution in [3.63, 3.8) is 0 Å². The second kappa shape index (κ2) is 4.33. The summed E-state index contributed by atoms with van der Waals surface area (Å²) in [5.74, 6) is 0.268. The summed E-state index contributed by atoms with van der Waals surface area (Å²) < 4.78 is 5.74. The van der Waals surface area contributed by atoms with Crippen LogP contribution in [0.2, 0.25) is 0 Å². The first-order valence-electron chi connectivity index (χ1n) is 5.52. The molecule has 1 aromatic carbocycles. The summed E-state index contributed by atoms with van der Waals surface area (Å²) >= 11 is 0. The van der Waals surface area contributed by atoms with Gasteiger partial charge in [-0.25, -0.2) is 0 Å². The van der Waals surface area contributed by atoms with E-state index in [-0.39, 0.29) is 18.6 Å². The van der Waals surface area contributed by atoms with Crippen LogP contribution in [0.25, 0.3) is 0 Å². The molecule has 1 aromatic rings. The molecule has 1 saturated heterocycles. The molecule has 1 fully saturated rings. The van der Waals surface area contributed by atoms with Crippen molar-refractivity contribution in [2.45, 2.75) is 26.4 Å². The second-order valence-corrected chi connectivity index (χ2v) is 4.33. The van der Waals surface area contributed by atoms with E-state index in [2.05, 4.69) is 32.0 Å². The van der Waals surface area contributed by atoms with Crippen LogP contribution in [0.4, 0.5) is 0 Å². The van der Waals surface area contributed by atoms with Gasteiger partial charge in [-0.1, -0.05) is 18.2 Å². The summed E-state index contributed by atoms with van der Waals surface area (Å²) in [6.45, 7) is 5.21. The molecular weight excluding hydrogens is 188 g/mol. The van der Waals surface area contributed by atoms with Gasteiger partial charge in [0.15, 0.2) is 0 Å². The smallest absolute Gasteiger partial charge is 0.0880 e. The molecular formula is C13H18O2. The van der Waals surface area contributed by atoms with Crippen LogP contribution < -0.4 is 0 Å². The van der Waals surface area contributed by atoms with Gasteiger partial charge in [-0.05, 0) is 37.0 Å². The molecule has 1 aliphatic heterocycles. The van der Waals surface area contributed by atoms with E-state index in [1.807, 2.05) is 0 Å². The fourth-order valence-electron chi connectivity index (χ4n) is 2.42. The van der Waals surface area contributed by atoms with Crippen molar-refractivity contribution in [3.8, 4) is 0 Å². The minimum Gasteiger partial charge on any atom is -0.396 e. The minimum atomic E-state index is 0.0937. The maximum atomic E-state index is 9.30. The number of hydrogen-bond donors (Lipinski definition) is 1. The first kappa shape index (κ1) is 10.7. The Morgan fingerprint density at radius 2 is 2.00 bits per heavy atom. The van der Waals surface area contributed by atoms with Crippen molar-refractivity contribution in [2.75, 3.05) is 13.2 Å². The molecule has 0 aliphatic carbocycles. The molecule has 2 unspecified atom stereocenters. The molecule has 0 radical (unpaired) electrons. The van der Waals surface area contributed by atoms with E-state index in [9.17, 15) is 5.11 Å². The lowest BCUT2D eigenvalue weighted by atomic mass is 9.90. The van der Waals surface area contributed by atoms with Gasteiger partial charge >= 0.3 is 0 Å². The molecule has 2 atom stereocenters. The van der Waals surface area contributed by atoms with Crippen molar-refractivity contribution in [2.24, 2.45) is 5.92 Å². The van der Waals surface area contributed by atoms with Crippen molar-refractivity contribution in [1.82, 2.24) is 0 Å². The molecule has 1 aliphatic rings. The standard InChI is InChI=1S/C13H18O2/c1-9-4-3-5-10(2)12(9)13-11(8-14)6-7-15-13/h3-5,11,13-14H,6-8H2,1-2H3. The van der Waals surface area contributed by atoms with E-state index in [0.29, 0.717) is 0 Å². The van der Waals surface area contributed by atoms with Gasteiger partial charge < -0.3 is 9.84 Å². The third-order valence-corrected chi connectivity index (χ3v) is 3.28. The average molecular weight is 206 g/mol. The van der Waals surface area contributed by atoms with Gasteiger partial charge in [0.25, 0.3) is 0 Å². The zero-order chi connectivity index (χ0) is 10.8. The predicted octanol–water partition coefficient (Wildman–Crippen LogP) is 2.37. The Bertz CT molecular complexity index is 326. The Kier molecular flexibility index (Phi) is 3.08. The number of ether oxygens (including phenoxy) is 1. The van der Waals surface area contributed by atoms with Gasteiger partial charge in [-0.3, -0.25) is 0 Å². The Hall–Kier alpha value is -0.860. The van der Waals surface area contributed by atoms with Crippen LogP contribution in [0, 0.1) is 19.8 Å².